The molecule has 0 aliphatic carbocycles. The van der Waals surface area contributed by atoms with E-state index in [1.165, 1.54) is 0 Å². The molecule has 7 heteroatoms. The lowest BCUT2D eigenvalue weighted by Crippen LogP contribution is -2.42. The van der Waals surface area contributed by atoms with Gasteiger partial charge in [-0.2, -0.15) is 0 Å². The monoisotopic (exact) mass is 372 g/mol. The second-order valence-corrected chi connectivity index (χ2v) is 3.84. The van der Waals surface area contributed by atoms with Crippen molar-refractivity contribution in [1.29, 1.82) is 0 Å². The fraction of sp³-hybridized carbons (Fsp3) is 0.818. The molecule has 3 N–H and O–H groups in total. The van der Waals surface area contributed by atoms with Crippen LogP contribution in [0.5, 0.6) is 0 Å². The van der Waals surface area contributed by atoms with Crippen LogP contribution in [-0.4, -0.2) is 51.3 Å². The fourth-order valence-electron chi connectivity index (χ4n) is 1.09. The molecule has 0 spiro atoms. The lowest BCUT2D eigenvalue weighted by molar-refractivity contribution is -0.119. The molecule has 0 atom stereocenters. The van der Waals surface area contributed by atoms with Gasteiger partial charge in [0.25, 0.3) is 0 Å². The number of guanidine groups is 1. The molecule has 0 aliphatic heterocycles. The van der Waals surface area contributed by atoms with E-state index < -0.39 is 0 Å². The van der Waals surface area contributed by atoms with E-state index >= 15 is 0 Å². The molecule has 0 aliphatic rings. The summed E-state index contributed by atoms with van der Waals surface area (Å²) in [6.07, 6.45) is 0. The lowest BCUT2D eigenvalue weighted by Gasteiger charge is -2.13. The molecule has 0 aromatic carbocycles. The van der Waals surface area contributed by atoms with Crippen molar-refractivity contribution in [3.05, 3.63) is 0 Å². The third-order valence-corrected chi connectivity index (χ3v) is 1.78. The van der Waals surface area contributed by atoms with E-state index in [4.69, 9.17) is 4.74 Å². The minimum absolute atomic E-state index is 0. The van der Waals surface area contributed by atoms with Crippen LogP contribution < -0.4 is 16.0 Å². The highest BCUT2D eigenvalue weighted by atomic mass is 127. The number of halogens is 1. The van der Waals surface area contributed by atoms with Crippen LogP contribution >= 0.6 is 24.0 Å². The largest absolute Gasteiger partial charge is 0.383 e. The first kappa shape index (κ1) is 19.8. The van der Waals surface area contributed by atoms with Crippen molar-refractivity contribution in [3.63, 3.8) is 0 Å². The number of ether oxygens (including phenoxy) is 1. The number of methoxy groups -OCH3 is 1. The van der Waals surface area contributed by atoms with Gasteiger partial charge in [-0.25, -0.2) is 4.99 Å². The van der Waals surface area contributed by atoms with Crippen LogP contribution in [0, 0.1) is 0 Å². The molecule has 108 valence electrons. The Morgan fingerprint density at radius 2 is 2.00 bits per heavy atom. The van der Waals surface area contributed by atoms with Crippen molar-refractivity contribution in [2.75, 3.05) is 33.4 Å². The Labute approximate surface area is 126 Å². The number of nitrogens with one attached hydrogen (secondary N) is 3. The van der Waals surface area contributed by atoms with Crippen molar-refractivity contribution in [1.82, 2.24) is 16.0 Å². The van der Waals surface area contributed by atoms with Gasteiger partial charge in [0.05, 0.1) is 6.61 Å². The Hall–Kier alpha value is -0.570. The molecular weight excluding hydrogens is 347 g/mol. The zero-order chi connectivity index (χ0) is 13.1. The third-order valence-electron chi connectivity index (χ3n) is 1.78. The van der Waals surface area contributed by atoms with Gasteiger partial charge in [-0.3, -0.25) is 4.79 Å². The Kier molecular flexibility index (Phi) is 14.1. The van der Waals surface area contributed by atoms with Crippen molar-refractivity contribution in [2.24, 2.45) is 4.99 Å². The molecule has 0 aromatic heterocycles. The number of hydrogen-bond acceptors (Lipinski definition) is 3. The first-order valence-electron chi connectivity index (χ1n) is 5.90. The fourth-order valence-corrected chi connectivity index (χ4v) is 1.09. The van der Waals surface area contributed by atoms with Crippen LogP contribution in [0.3, 0.4) is 0 Å². The molecule has 0 saturated heterocycles. The van der Waals surface area contributed by atoms with Gasteiger partial charge in [0.15, 0.2) is 5.96 Å². The molecule has 0 aromatic rings. The summed E-state index contributed by atoms with van der Waals surface area (Å²) in [5, 5.41) is 8.92. The van der Waals surface area contributed by atoms with Gasteiger partial charge in [-0.1, -0.05) is 0 Å². The second-order valence-electron chi connectivity index (χ2n) is 3.84. The Bertz CT molecular complexity index is 247. The van der Waals surface area contributed by atoms with E-state index in [1.807, 2.05) is 20.8 Å². The highest BCUT2D eigenvalue weighted by Gasteiger charge is 2.02. The molecule has 1 amide bonds. The third kappa shape index (κ3) is 11.9. The average molecular weight is 372 g/mol. The number of carbonyl (C=O) groups is 1. The number of hydrogen-bond donors (Lipinski definition) is 3. The maximum absolute atomic E-state index is 11.4. The number of carbonyl (C=O) groups excluding carboxylic acids is 1. The standard InChI is InChI=1S/C11H24N4O2.HI/c1-5-12-11(15-9(2)3)14-8-10(16)13-6-7-17-4;/h9H,5-8H2,1-4H3,(H,13,16)(H2,12,14,15);1H. The van der Waals surface area contributed by atoms with E-state index in [2.05, 4.69) is 20.9 Å². The number of amides is 1. The predicted octanol–water partition coefficient (Wildman–Crippen LogP) is 0.331. The van der Waals surface area contributed by atoms with Gasteiger partial charge >= 0.3 is 0 Å². The number of rotatable bonds is 7. The summed E-state index contributed by atoms with van der Waals surface area (Å²) < 4.78 is 4.83. The molecule has 0 rings (SSSR count). The SMILES string of the molecule is CCNC(=NCC(=O)NCCOC)NC(C)C.I. The van der Waals surface area contributed by atoms with Crippen LogP contribution in [0.25, 0.3) is 0 Å². The van der Waals surface area contributed by atoms with E-state index in [0.717, 1.165) is 6.54 Å². The molecule has 6 nitrogen and oxygen atoms in total. The molecule has 0 unspecified atom stereocenters. The smallest absolute Gasteiger partial charge is 0.241 e. The second kappa shape index (κ2) is 12.9. The van der Waals surface area contributed by atoms with Crippen LogP contribution in [0.15, 0.2) is 4.99 Å². The minimum atomic E-state index is -0.108. The van der Waals surface area contributed by atoms with Crippen molar-refractivity contribution in [2.45, 2.75) is 26.8 Å². The summed E-state index contributed by atoms with van der Waals surface area (Å²) >= 11 is 0. The highest BCUT2D eigenvalue weighted by molar-refractivity contribution is 14.0. The van der Waals surface area contributed by atoms with Crippen molar-refractivity contribution >= 4 is 35.8 Å². The van der Waals surface area contributed by atoms with Gasteiger partial charge in [-0.15, -0.1) is 24.0 Å². The maximum atomic E-state index is 11.4. The zero-order valence-electron chi connectivity index (χ0n) is 11.6. The summed E-state index contributed by atoms with van der Waals surface area (Å²) in [6, 6.07) is 0.282. The van der Waals surface area contributed by atoms with Crippen molar-refractivity contribution < 1.29 is 9.53 Å². The lowest BCUT2D eigenvalue weighted by atomic mass is 10.4. The number of aliphatic imine (C=N–C) groups is 1. The minimum Gasteiger partial charge on any atom is -0.383 e. The van der Waals surface area contributed by atoms with E-state index in [1.54, 1.807) is 7.11 Å². The summed E-state index contributed by atoms with van der Waals surface area (Å²) in [7, 11) is 1.60. The molecule has 0 heterocycles. The Morgan fingerprint density at radius 1 is 1.33 bits per heavy atom. The summed E-state index contributed by atoms with van der Waals surface area (Å²) in [5.74, 6) is 0.549. The predicted molar refractivity (Wildman–Crippen MR) is 84.6 cm³/mol. The van der Waals surface area contributed by atoms with E-state index in [9.17, 15) is 4.79 Å². The van der Waals surface area contributed by atoms with Crippen molar-refractivity contribution in [3.8, 4) is 0 Å². The highest BCUT2D eigenvalue weighted by Crippen LogP contribution is 1.80. The van der Waals surface area contributed by atoms with Gasteiger partial charge < -0.3 is 20.7 Å². The normalized spacial score (nSPS) is 10.8. The maximum Gasteiger partial charge on any atom is 0.241 e. The van der Waals surface area contributed by atoms with Crippen LogP contribution in [-0.2, 0) is 9.53 Å². The van der Waals surface area contributed by atoms with Gasteiger partial charge in [-0.05, 0) is 20.8 Å². The molecule has 0 fully saturated rings. The zero-order valence-corrected chi connectivity index (χ0v) is 13.9. The first-order valence-corrected chi connectivity index (χ1v) is 5.90. The first-order chi connectivity index (χ1) is 8.10. The summed E-state index contributed by atoms with van der Waals surface area (Å²) in [5.41, 5.74) is 0. The van der Waals surface area contributed by atoms with Gasteiger partial charge in [0.2, 0.25) is 5.91 Å². The summed E-state index contributed by atoms with van der Waals surface area (Å²) in [4.78, 5) is 15.6. The van der Waals surface area contributed by atoms with Crippen LogP contribution in [0.2, 0.25) is 0 Å². The van der Waals surface area contributed by atoms with Crippen LogP contribution in [0.4, 0.5) is 0 Å². The average Bonchev–Trinajstić information content (AvgIpc) is 2.26. The van der Waals surface area contributed by atoms with E-state index in [0.29, 0.717) is 19.1 Å². The Morgan fingerprint density at radius 3 is 2.50 bits per heavy atom. The molecular formula is C11H25IN4O2. The topological polar surface area (TPSA) is 74.8 Å². The Balaban J connectivity index is 0. The summed E-state index contributed by atoms with van der Waals surface area (Å²) in [6.45, 7) is 7.93. The van der Waals surface area contributed by atoms with E-state index in [-0.39, 0.29) is 42.5 Å². The molecule has 18 heavy (non-hydrogen) atoms. The van der Waals surface area contributed by atoms with Gasteiger partial charge in [0.1, 0.15) is 6.54 Å². The number of nitrogens with zero attached hydrogens (tertiary/aromatic N) is 1. The quantitative estimate of drug-likeness (QED) is 0.261. The van der Waals surface area contributed by atoms with Gasteiger partial charge in [0, 0.05) is 26.2 Å². The molecule has 0 radical (unpaired) electrons. The van der Waals surface area contributed by atoms with Crippen LogP contribution in [0.1, 0.15) is 20.8 Å². The molecule has 0 bridgehead atoms. The molecule has 0 saturated carbocycles.